The number of fused-ring (bicyclic) bond motifs is 3. The Bertz CT molecular complexity index is 3490. The van der Waals surface area contributed by atoms with Crippen LogP contribution in [0.1, 0.15) is 25.0 Å². The zero-order valence-corrected chi connectivity index (χ0v) is 38.8. The molecule has 0 aromatic heterocycles. The molecule has 328 valence electrons. The van der Waals surface area contributed by atoms with E-state index in [2.05, 4.69) is 291 Å². The van der Waals surface area contributed by atoms with Crippen LogP contribution in [0.15, 0.2) is 267 Å². The molecule has 0 radical (unpaired) electrons. The molecule has 2 heteroatoms. The molecular weight excluding hydrogens is 833 g/mol. The van der Waals surface area contributed by atoms with Crippen molar-refractivity contribution in [3.8, 4) is 55.6 Å². The summed E-state index contributed by atoms with van der Waals surface area (Å²) in [7, 11) is 0. The Hall–Kier alpha value is -8.72. The van der Waals surface area contributed by atoms with Crippen LogP contribution in [0.5, 0.6) is 0 Å². The van der Waals surface area contributed by atoms with Gasteiger partial charge >= 0.3 is 0 Å². The van der Waals surface area contributed by atoms with Crippen molar-refractivity contribution in [1.29, 1.82) is 0 Å². The molecule has 0 atom stereocenters. The van der Waals surface area contributed by atoms with Gasteiger partial charge in [-0.05, 0) is 150 Å². The van der Waals surface area contributed by atoms with Crippen LogP contribution in [0.4, 0.5) is 34.1 Å². The van der Waals surface area contributed by atoms with E-state index in [1.165, 1.54) is 88.9 Å². The maximum absolute atomic E-state index is 2.47. The van der Waals surface area contributed by atoms with Crippen molar-refractivity contribution in [3.05, 3.63) is 278 Å². The van der Waals surface area contributed by atoms with Crippen LogP contribution < -0.4 is 9.80 Å². The lowest BCUT2D eigenvalue weighted by atomic mass is 9.72. The second-order valence-corrected chi connectivity index (χ2v) is 18.6. The number of hydrogen-bond donors (Lipinski definition) is 0. The monoisotopic (exact) mass is 882 g/mol. The third kappa shape index (κ3) is 7.76. The van der Waals surface area contributed by atoms with Crippen LogP contribution in [-0.4, -0.2) is 0 Å². The Kier molecular flexibility index (Phi) is 10.6. The van der Waals surface area contributed by atoms with Crippen LogP contribution in [0.2, 0.25) is 0 Å². The van der Waals surface area contributed by atoms with Gasteiger partial charge in [-0.3, -0.25) is 0 Å². The van der Waals surface area contributed by atoms with Crippen molar-refractivity contribution in [3.63, 3.8) is 0 Å². The van der Waals surface area contributed by atoms with E-state index < -0.39 is 0 Å². The van der Waals surface area contributed by atoms with E-state index in [1.807, 2.05) is 0 Å². The summed E-state index contributed by atoms with van der Waals surface area (Å²) in [6, 6.07) is 97.3. The van der Waals surface area contributed by atoms with Crippen LogP contribution in [-0.2, 0) is 5.41 Å². The van der Waals surface area contributed by atoms with Crippen LogP contribution >= 0.6 is 0 Å². The first kappa shape index (κ1) is 41.7. The average molecular weight is 883 g/mol. The summed E-state index contributed by atoms with van der Waals surface area (Å²) in [5, 5.41) is 2.51. The van der Waals surface area contributed by atoms with Crippen molar-refractivity contribution in [2.75, 3.05) is 9.80 Å². The molecule has 0 bridgehead atoms. The molecule has 11 aromatic carbocycles. The van der Waals surface area contributed by atoms with Gasteiger partial charge in [-0.25, -0.2) is 0 Å². The van der Waals surface area contributed by atoms with Gasteiger partial charge in [0, 0.05) is 28.2 Å². The van der Waals surface area contributed by atoms with Crippen molar-refractivity contribution < 1.29 is 0 Å². The normalized spacial score (nSPS) is 12.6. The van der Waals surface area contributed by atoms with Gasteiger partial charge < -0.3 is 9.80 Å². The molecule has 1 aliphatic heterocycles. The van der Waals surface area contributed by atoms with Crippen LogP contribution in [0.3, 0.4) is 0 Å². The molecule has 0 spiro atoms. The zero-order valence-electron chi connectivity index (χ0n) is 38.8. The van der Waals surface area contributed by atoms with E-state index in [-0.39, 0.29) is 5.41 Å². The van der Waals surface area contributed by atoms with E-state index in [9.17, 15) is 0 Å². The Morgan fingerprint density at radius 3 is 1.16 bits per heavy atom. The van der Waals surface area contributed by atoms with Gasteiger partial charge in [-0.15, -0.1) is 0 Å². The highest BCUT2D eigenvalue weighted by Crippen LogP contribution is 2.54. The molecule has 0 amide bonds. The summed E-state index contributed by atoms with van der Waals surface area (Å²) >= 11 is 0. The van der Waals surface area contributed by atoms with Gasteiger partial charge in [0.1, 0.15) is 0 Å². The second-order valence-electron chi connectivity index (χ2n) is 18.6. The number of hydrogen-bond acceptors (Lipinski definition) is 2. The Balaban J connectivity index is 0.940. The molecule has 0 aliphatic carbocycles. The fourth-order valence-corrected chi connectivity index (χ4v) is 10.4. The third-order valence-electron chi connectivity index (χ3n) is 14.1. The zero-order chi connectivity index (χ0) is 46.3. The summed E-state index contributed by atoms with van der Waals surface area (Å²) < 4.78 is 0. The van der Waals surface area contributed by atoms with Gasteiger partial charge in [-0.1, -0.05) is 208 Å². The van der Waals surface area contributed by atoms with Gasteiger partial charge in [0.15, 0.2) is 0 Å². The number of anilines is 6. The van der Waals surface area contributed by atoms with E-state index in [4.69, 9.17) is 0 Å². The lowest BCUT2D eigenvalue weighted by molar-refractivity contribution is 0.632. The second kappa shape index (κ2) is 17.5. The smallest absolute Gasteiger partial charge is 0.0503 e. The van der Waals surface area contributed by atoms with E-state index >= 15 is 0 Å². The highest BCUT2D eigenvalue weighted by Gasteiger charge is 2.37. The summed E-state index contributed by atoms with van der Waals surface area (Å²) in [6.07, 6.45) is 0. The predicted molar refractivity (Wildman–Crippen MR) is 293 cm³/mol. The Morgan fingerprint density at radius 1 is 0.304 bits per heavy atom. The fraction of sp³-hybridized carbons (Fsp3) is 0.0448. The molecule has 2 nitrogen and oxygen atoms in total. The predicted octanol–water partition coefficient (Wildman–Crippen LogP) is 18.8. The molecule has 0 unspecified atom stereocenters. The lowest BCUT2D eigenvalue weighted by Crippen LogP contribution is -2.30. The van der Waals surface area contributed by atoms with Gasteiger partial charge in [0.25, 0.3) is 0 Å². The van der Waals surface area contributed by atoms with Crippen LogP contribution in [0, 0.1) is 0 Å². The average Bonchev–Trinajstić information content (AvgIpc) is 3.42. The minimum Gasteiger partial charge on any atom is -0.311 e. The topological polar surface area (TPSA) is 6.48 Å². The van der Waals surface area contributed by atoms with Crippen LogP contribution in [0.25, 0.3) is 66.4 Å². The summed E-state index contributed by atoms with van der Waals surface area (Å²) in [5.41, 5.74) is 21.2. The van der Waals surface area contributed by atoms with Crippen molar-refractivity contribution in [2.45, 2.75) is 19.3 Å². The maximum Gasteiger partial charge on any atom is 0.0503 e. The van der Waals surface area contributed by atoms with Gasteiger partial charge in [0.2, 0.25) is 0 Å². The summed E-state index contributed by atoms with van der Waals surface area (Å²) in [5.74, 6) is 0. The highest BCUT2D eigenvalue weighted by molar-refractivity contribution is 5.98. The molecule has 0 fully saturated rings. The fourth-order valence-electron chi connectivity index (χ4n) is 10.4. The maximum atomic E-state index is 2.47. The lowest BCUT2D eigenvalue weighted by Gasteiger charge is -2.42. The molecule has 1 heterocycles. The standard InChI is InChI=1S/C67H50N2/c1-67(2)63-45-55(53-31-39-59(40-32-53)68(57-35-25-50(26-36-57)47-15-6-3-7-16-47)58-37-27-51(28-38-58)48-17-8-4-9-18-48)33-43-65(63)69(60-41-29-52(30-42-60)49-19-10-5-11-20-49)66-44-34-56(46-64(66)67)62-24-14-22-54-21-12-13-23-61(54)62/h3-46H,1-2H3. The van der Waals surface area contributed by atoms with E-state index in [0.29, 0.717) is 0 Å². The first-order valence-electron chi connectivity index (χ1n) is 23.9. The van der Waals surface area contributed by atoms with Crippen molar-refractivity contribution >= 4 is 44.9 Å². The van der Waals surface area contributed by atoms with Gasteiger partial charge in [-0.2, -0.15) is 0 Å². The van der Waals surface area contributed by atoms with Gasteiger partial charge in [0.05, 0.1) is 11.4 Å². The molecule has 12 rings (SSSR count). The molecule has 11 aromatic rings. The Morgan fingerprint density at radius 2 is 0.667 bits per heavy atom. The molecule has 1 aliphatic rings. The Labute approximate surface area is 405 Å². The summed E-state index contributed by atoms with van der Waals surface area (Å²) in [4.78, 5) is 4.82. The van der Waals surface area contributed by atoms with Crippen molar-refractivity contribution in [2.24, 2.45) is 0 Å². The third-order valence-corrected chi connectivity index (χ3v) is 14.1. The minimum absolute atomic E-state index is 0.309. The first-order valence-corrected chi connectivity index (χ1v) is 23.9. The number of rotatable bonds is 9. The summed E-state index contributed by atoms with van der Waals surface area (Å²) in [6.45, 7) is 4.79. The van der Waals surface area contributed by atoms with E-state index in [1.54, 1.807) is 0 Å². The molecular formula is C67H50N2. The SMILES string of the molecule is CC1(C)c2cc(-c3ccc(N(c4ccc(-c5ccccc5)cc4)c4ccc(-c5ccccc5)cc4)cc3)ccc2N(c2ccc(-c3ccccc3)cc2)c2ccc(-c3cccc4ccccc34)cc21. The first-order chi connectivity index (χ1) is 34.0. The van der Waals surface area contributed by atoms with Crippen molar-refractivity contribution in [1.82, 2.24) is 0 Å². The van der Waals surface area contributed by atoms with E-state index in [0.717, 1.165) is 22.7 Å². The highest BCUT2D eigenvalue weighted by atomic mass is 15.2. The quantitative estimate of drug-likeness (QED) is 0.143. The molecule has 0 N–H and O–H groups in total. The molecule has 0 saturated carbocycles. The molecule has 0 saturated heterocycles. The number of benzene rings is 11. The number of nitrogens with zero attached hydrogens (tertiary/aromatic N) is 2. The minimum atomic E-state index is -0.309. The molecule has 69 heavy (non-hydrogen) atoms. The largest absolute Gasteiger partial charge is 0.311 e.